The molecule has 3 rings (SSSR count). The van der Waals surface area contributed by atoms with Crippen LogP contribution in [-0.2, 0) is 14.8 Å². The molecule has 28 heavy (non-hydrogen) atoms. The molecule has 0 bridgehead atoms. The fraction of sp³-hybridized carbons (Fsp3) is 0.316. The van der Waals surface area contributed by atoms with Gasteiger partial charge in [-0.15, -0.1) is 0 Å². The van der Waals surface area contributed by atoms with Crippen LogP contribution >= 0.6 is 23.2 Å². The molecule has 2 aromatic rings. The molecule has 0 unspecified atom stereocenters. The van der Waals surface area contributed by atoms with Crippen LogP contribution < -0.4 is 4.74 Å². The second kappa shape index (κ2) is 8.69. The van der Waals surface area contributed by atoms with Gasteiger partial charge in [0.25, 0.3) is 5.91 Å². The molecule has 9 heteroatoms. The van der Waals surface area contributed by atoms with Crippen LogP contribution in [0.5, 0.6) is 5.75 Å². The van der Waals surface area contributed by atoms with Gasteiger partial charge in [-0.2, -0.15) is 4.31 Å². The van der Waals surface area contributed by atoms with Crippen molar-refractivity contribution < 1.29 is 17.9 Å². The summed E-state index contributed by atoms with van der Waals surface area (Å²) < 4.78 is 32.3. The van der Waals surface area contributed by atoms with Gasteiger partial charge in [0.05, 0.1) is 9.92 Å². The predicted molar refractivity (Wildman–Crippen MR) is 108 cm³/mol. The summed E-state index contributed by atoms with van der Waals surface area (Å²) in [6.45, 7) is 2.81. The first-order valence-electron chi connectivity index (χ1n) is 8.70. The molecule has 1 fully saturated rings. The van der Waals surface area contributed by atoms with E-state index in [1.807, 2.05) is 13.0 Å². The molecule has 1 amide bonds. The number of sulfonamides is 1. The number of hydrogen-bond acceptors (Lipinski definition) is 4. The van der Waals surface area contributed by atoms with Crippen molar-refractivity contribution in [1.82, 2.24) is 9.21 Å². The molecular weight excluding hydrogens is 423 g/mol. The average Bonchev–Trinajstić information content (AvgIpc) is 2.69. The van der Waals surface area contributed by atoms with Crippen molar-refractivity contribution in [1.29, 1.82) is 0 Å². The molecular formula is C19H20Cl2N2O4S. The van der Waals surface area contributed by atoms with Gasteiger partial charge in [-0.25, -0.2) is 8.42 Å². The van der Waals surface area contributed by atoms with Crippen molar-refractivity contribution in [2.75, 3.05) is 32.8 Å². The van der Waals surface area contributed by atoms with Gasteiger partial charge in [0.1, 0.15) is 5.75 Å². The minimum Gasteiger partial charge on any atom is -0.482 e. The zero-order valence-electron chi connectivity index (χ0n) is 15.3. The summed E-state index contributed by atoms with van der Waals surface area (Å²) in [5, 5.41) is 0.917. The number of carbonyl (C=O) groups excluding carboxylic acids is 1. The van der Waals surface area contributed by atoms with Crippen LogP contribution in [0.4, 0.5) is 0 Å². The van der Waals surface area contributed by atoms with Crippen molar-refractivity contribution in [2.24, 2.45) is 0 Å². The van der Waals surface area contributed by atoms with Crippen LogP contribution in [-0.4, -0.2) is 56.3 Å². The Morgan fingerprint density at radius 1 is 1.04 bits per heavy atom. The Hall–Kier alpha value is -1.80. The van der Waals surface area contributed by atoms with E-state index in [0.717, 1.165) is 5.56 Å². The Balaban J connectivity index is 1.56. The largest absolute Gasteiger partial charge is 0.482 e. The summed E-state index contributed by atoms with van der Waals surface area (Å²) in [6, 6.07) is 11.4. The van der Waals surface area contributed by atoms with E-state index >= 15 is 0 Å². The fourth-order valence-electron chi connectivity index (χ4n) is 2.89. The highest BCUT2D eigenvalue weighted by Gasteiger charge is 2.30. The molecule has 2 aromatic carbocycles. The van der Waals surface area contributed by atoms with E-state index in [-0.39, 0.29) is 30.5 Å². The van der Waals surface area contributed by atoms with E-state index < -0.39 is 10.0 Å². The third-order valence-corrected chi connectivity index (χ3v) is 6.96. The summed E-state index contributed by atoms with van der Waals surface area (Å²) in [6.07, 6.45) is 0. The third-order valence-electron chi connectivity index (χ3n) is 4.48. The molecule has 1 aliphatic heterocycles. The topological polar surface area (TPSA) is 66.9 Å². The van der Waals surface area contributed by atoms with Gasteiger partial charge in [-0.1, -0.05) is 29.3 Å². The van der Waals surface area contributed by atoms with Crippen molar-refractivity contribution >= 4 is 39.1 Å². The van der Waals surface area contributed by atoms with Crippen molar-refractivity contribution in [3.8, 4) is 5.75 Å². The van der Waals surface area contributed by atoms with Gasteiger partial charge < -0.3 is 9.64 Å². The number of ether oxygens (including phenoxy) is 1. The number of hydrogen-bond donors (Lipinski definition) is 0. The smallest absolute Gasteiger partial charge is 0.260 e. The zero-order chi connectivity index (χ0) is 20.3. The number of rotatable bonds is 5. The molecule has 0 N–H and O–H groups in total. The van der Waals surface area contributed by atoms with Gasteiger partial charge >= 0.3 is 0 Å². The first-order chi connectivity index (χ1) is 13.3. The summed E-state index contributed by atoms with van der Waals surface area (Å²) in [5.41, 5.74) is 0.980. The van der Waals surface area contributed by atoms with Crippen LogP contribution in [0.2, 0.25) is 10.0 Å². The van der Waals surface area contributed by atoms with Crippen LogP contribution in [0.1, 0.15) is 5.56 Å². The summed E-state index contributed by atoms with van der Waals surface area (Å²) >= 11 is 11.9. The SMILES string of the molecule is Cc1ccc(Cl)c(OCC(=O)N2CCN(S(=O)(=O)c3ccc(Cl)cc3)CC2)c1. The number of aryl methyl sites for hydroxylation is 1. The first-order valence-corrected chi connectivity index (χ1v) is 10.9. The maximum Gasteiger partial charge on any atom is 0.260 e. The van der Waals surface area contributed by atoms with Crippen LogP contribution in [0.3, 0.4) is 0 Å². The van der Waals surface area contributed by atoms with Gasteiger partial charge in [0, 0.05) is 31.2 Å². The molecule has 0 spiro atoms. The van der Waals surface area contributed by atoms with Crippen molar-refractivity contribution in [3.63, 3.8) is 0 Å². The maximum absolute atomic E-state index is 12.7. The standard InChI is InChI=1S/C19H20Cl2N2O4S/c1-14-2-7-17(21)18(12-14)27-13-19(24)22-8-10-23(11-9-22)28(25,26)16-5-3-15(20)4-6-16/h2-7,12H,8-11,13H2,1H3. The highest BCUT2D eigenvalue weighted by atomic mass is 35.5. The molecule has 1 aliphatic rings. The third kappa shape index (κ3) is 4.78. The Bertz CT molecular complexity index is 956. The zero-order valence-corrected chi connectivity index (χ0v) is 17.6. The second-order valence-corrected chi connectivity index (χ2v) is 9.24. The van der Waals surface area contributed by atoms with Gasteiger partial charge in [0.15, 0.2) is 6.61 Å². The summed E-state index contributed by atoms with van der Waals surface area (Å²) in [7, 11) is -3.61. The number of piperazine rings is 1. The van der Waals surface area contributed by atoms with Crippen LogP contribution in [0.15, 0.2) is 47.4 Å². The van der Waals surface area contributed by atoms with E-state index in [4.69, 9.17) is 27.9 Å². The molecule has 1 heterocycles. The summed E-state index contributed by atoms with van der Waals surface area (Å²) in [4.78, 5) is 14.2. The Labute approximate surface area is 174 Å². The highest BCUT2D eigenvalue weighted by Crippen LogP contribution is 2.25. The number of nitrogens with zero attached hydrogens (tertiary/aromatic N) is 2. The van der Waals surface area contributed by atoms with Gasteiger partial charge in [0.2, 0.25) is 10.0 Å². The molecule has 0 atom stereocenters. The van der Waals surface area contributed by atoms with E-state index in [1.54, 1.807) is 29.2 Å². The Morgan fingerprint density at radius 2 is 1.68 bits per heavy atom. The Morgan fingerprint density at radius 3 is 2.32 bits per heavy atom. The lowest BCUT2D eigenvalue weighted by atomic mass is 10.2. The average molecular weight is 443 g/mol. The molecule has 0 aromatic heterocycles. The monoisotopic (exact) mass is 442 g/mol. The molecule has 150 valence electrons. The molecule has 0 saturated carbocycles. The van der Waals surface area contributed by atoms with E-state index in [9.17, 15) is 13.2 Å². The second-order valence-electron chi connectivity index (χ2n) is 6.46. The summed E-state index contributed by atoms with van der Waals surface area (Å²) in [5.74, 6) is 0.250. The lowest BCUT2D eigenvalue weighted by molar-refractivity contribution is -0.134. The van der Waals surface area contributed by atoms with E-state index in [1.165, 1.54) is 16.4 Å². The number of carbonyl (C=O) groups is 1. The lowest BCUT2D eigenvalue weighted by Gasteiger charge is -2.34. The molecule has 0 aliphatic carbocycles. The number of halogens is 2. The minimum atomic E-state index is -3.61. The van der Waals surface area contributed by atoms with Gasteiger partial charge in [-0.05, 0) is 48.9 Å². The van der Waals surface area contributed by atoms with E-state index in [0.29, 0.717) is 28.9 Å². The van der Waals surface area contributed by atoms with Crippen LogP contribution in [0.25, 0.3) is 0 Å². The minimum absolute atomic E-state index is 0.146. The van der Waals surface area contributed by atoms with Gasteiger partial charge in [-0.3, -0.25) is 4.79 Å². The quantitative estimate of drug-likeness (QED) is 0.712. The first kappa shape index (κ1) is 20.9. The predicted octanol–water partition coefficient (Wildman–Crippen LogP) is 3.21. The maximum atomic E-state index is 12.7. The van der Waals surface area contributed by atoms with Crippen molar-refractivity contribution in [3.05, 3.63) is 58.1 Å². The Kier molecular flexibility index (Phi) is 6.50. The fourth-order valence-corrected chi connectivity index (χ4v) is 4.61. The van der Waals surface area contributed by atoms with Crippen molar-refractivity contribution in [2.45, 2.75) is 11.8 Å². The molecule has 6 nitrogen and oxygen atoms in total. The number of amides is 1. The van der Waals surface area contributed by atoms with E-state index in [2.05, 4.69) is 0 Å². The lowest BCUT2D eigenvalue weighted by Crippen LogP contribution is -2.51. The number of benzene rings is 2. The molecule has 1 saturated heterocycles. The highest BCUT2D eigenvalue weighted by molar-refractivity contribution is 7.89. The normalized spacial score (nSPS) is 15.5. The molecule has 0 radical (unpaired) electrons. The van der Waals surface area contributed by atoms with Crippen LogP contribution in [0, 0.1) is 6.92 Å².